The number of halogens is 1. The average Bonchev–Trinajstić information content (AvgIpc) is 2.74. The van der Waals surface area contributed by atoms with Gasteiger partial charge >= 0.3 is 5.97 Å². The first-order valence-electron chi connectivity index (χ1n) is 10.2. The van der Waals surface area contributed by atoms with Crippen LogP contribution in [-0.2, 0) is 4.74 Å². The fraction of sp³-hybridized carbons (Fsp3) is 0.400. The molecule has 0 aliphatic heterocycles. The predicted molar refractivity (Wildman–Crippen MR) is 125 cm³/mol. The molecule has 0 amide bonds. The molecule has 1 aliphatic carbocycles. The van der Waals surface area contributed by atoms with E-state index in [1.165, 1.54) is 18.2 Å². The van der Waals surface area contributed by atoms with Crippen molar-refractivity contribution in [1.82, 2.24) is 4.90 Å². The molecule has 0 radical (unpaired) electrons. The molecular weight excluding hydrogens is 398 g/mol. The molecule has 30 heavy (non-hydrogen) atoms. The molecule has 162 valence electrons. The van der Waals surface area contributed by atoms with E-state index in [4.69, 9.17) is 9.47 Å². The van der Waals surface area contributed by atoms with Crippen molar-refractivity contribution in [3.8, 4) is 5.75 Å². The van der Waals surface area contributed by atoms with Crippen LogP contribution in [-0.4, -0.2) is 45.7 Å². The van der Waals surface area contributed by atoms with Gasteiger partial charge in [-0.15, -0.1) is 12.4 Å². The number of rotatable bonds is 6. The summed E-state index contributed by atoms with van der Waals surface area (Å²) in [6.45, 7) is 1.08. The molecule has 0 bridgehead atoms. The van der Waals surface area contributed by atoms with Crippen molar-refractivity contribution in [2.45, 2.75) is 25.2 Å². The summed E-state index contributed by atoms with van der Waals surface area (Å²) in [5.41, 5.74) is 4.41. The van der Waals surface area contributed by atoms with Crippen molar-refractivity contribution in [1.29, 1.82) is 0 Å². The second-order valence-corrected chi connectivity index (χ2v) is 8.07. The van der Waals surface area contributed by atoms with Crippen LogP contribution in [0.25, 0.3) is 6.08 Å². The van der Waals surface area contributed by atoms with E-state index in [0.717, 1.165) is 37.1 Å². The molecule has 2 aromatic carbocycles. The summed E-state index contributed by atoms with van der Waals surface area (Å²) in [4.78, 5) is 14.1. The Labute approximate surface area is 186 Å². The van der Waals surface area contributed by atoms with E-state index in [2.05, 4.69) is 43.3 Å². The molecule has 2 atom stereocenters. The first-order chi connectivity index (χ1) is 14.0. The van der Waals surface area contributed by atoms with Crippen molar-refractivity contribution < 1.29 is 14.3 Å². The van der Waals surface area contributed by atoms with Gasteiger partial charge in [-0.2, -0.15) is 0 Å². The molecule has 0 saturated heterocycles. The van der Waals surface area contributed by atoms with Crippen LogP contribution in [0.1, 0.15) is 46.7 Å². The molecule has 1 aliphatic rings. The van der Waals surface area contributed by atoms with Crippen molar-refractivity contribution in [2.75, 3.05) is 34.9 Å². The summed E-state index contributed by atoms with van der Waals surface area (Å²) in [6.07, 6.45) is 5.50. The van der Waals surface area contributed by atoms with Crippen molar-refractivity contribution in [3.63, 3.8) is 0 Å². The molecule has 1 saturated carbocycles. The summed E-state index contributed by atoms with van der Waals surface area (Å²) in [7, 11) is 7.42. The summed E-state index contributed by atoms with van der Waals surface area (Å²) in [5, 5.41) is 0. The zero-order chi connectivity index (χ0) is 20.8. The van der Waals surface area contributed by atoms with Crippen LogP contribution in [0.5, 0.6) is 5.75 Å². The molecule has 0 spiro atoms. The van der Waals surface area contributed by atoms with Gasteiger partial charge in [0.1, 0.15) is 5.75 Å². The number of hydrogen-bond donors (Lipinski definition) is 0. The first kappa shape index (κ1) is 24.0. The van der Waals surface area contributed by atoms with Crippen LogP contribution in [0.3, 0.4) is 0 Å². The minimum Gasteiger partial charge on any atom is -0.497 e. The fourth-order valence-electron chi connectivity index (χ4n) is 4.31. The Morgan fingerprint density at radius 2 is 1.90 bits per heavy atom. The van der Waals surface area contributed by atoms with Gasteiger partial charge in [-0.05, 0) is 80.6 Å². The molecule has 2 unspecified atom stereocenters. The maximum Gasteiger partial charge on any atom is 0.337 e. The van der Waals surface area contributed by atoms with Crippen LogP contribution in [0.4, 0.5) is 0 Å². The van der Waals surface area contributed by atoms with Crippen LogP contribution < -0.4 is 4.74 Å². The summed E-state index contributed by atoms with van der Waals surface area (Å²) < 4.78 is 10.3. The molecule has 5 heteroatoms. The molecule has 2 aromatic rings. The minimum atomic E-state index is -0.297. The smallest absolute Gasteiger partial charge is 0.337 e. The minimum absolute atomic E-state index is 0. The quantitative estimate of drug-likeness (QED) is 0.573. The van der Waals surface area contributed by atoms with Gasteiger partial charge in [0.25, 0.3) is 0 Å². The normalized spacial score (nSPS) is 20.0. The highest BCUT2D eigenvalue weighted by Gasteiger charge is 2.29. The molecule has 0 N–H and O–H groups in total. The monoisotopic (exact) mass is 429 g/mol. The van der Waals surface area contributed by atoms with Gasteiger partial charge in [0.15, 0.2) is 0 Å². The summed E-state index contributed by atoms with van der Waals surface area (Å²) in [6, 6.07) is 16.1. The summed E-state index contributed by atoms with van der Waals surface area (Å²) >= 11 is 0. The Kier molecular flexibility index (Phi) is 8.94. The maximum atomic E-state index is 11.8. The maximum absolute atomic E-state index is 11.8. The van der Waals surface area contributed by atoms with E-state index < -0.39 is 0 Å². The Morgan fingerprint density at radius 1 is 1.13 bits per heavy atom. The SMILES string of the molecule is COC(=O)c1cccc(/C=C2\CCC(CN(C)C)C(c3cccc(OC)c3)C2)c1.Cl. The number of methoxy groups -OCH3 is 2. The first-order valence-corrected chi connectivity index (χ1v) is 10.2. The van der Waals surface area contributed by atoms with Gasteiger partial charge < -0.3 is 14.4 Å². The highest BCUT2D eigenvalue weighted by molar-refractivity contribution is 5.90. The predicted octanol–water partition coefficient (Wildman–Crippen LogP) is 5.43. The van der Waals surface area contributed by atoms with Crippen LogP contribution in [0.2, 0.25) is 0 Å². The van der Waals surface area contributed by atoms with Gasteiger partial charge in [-0.25, -0.2) is 4.79 Å². The van der Waals surface area contributed by atoms with E-state index in [1.807, 2.05) is 24.3 Å². The molecule has 3 rings (SSSR count). The lowest BCUT2D eigenvalue weighted by Crippen LogP contribution is -2.29. The van der Waals surface area contributed by atoms with E-state index in [1.54, 1.807) is 13.2 Å². The highest BCUT2D eigenvalue weighted by atomic mass is 35.5. The standard InChI is InChI=1S/C25H31NO3.ClH/c1-26(2)17-22-12-11-19(13-18-7-5-9-21(14-18)25(27)29-4)15-24(22)20-8-6-10-23(16-20)28-3;/h5-10,13-14,16,22,24H,11-12,15,17H2,1-4H3;1H/b19-13+;. The van der Waals surface area contributed by atoms with Gasteiger partial charge in [0.2, 0.25) is 0 Å². The van der Waals surface area contributed by atoms with E-state index in [0.29, 0.717) is 17.4 Å². The lowest BCUT2D eigenvalue weighted by atomic mass is 9.73. The third kappa shape index (κ3) is 6.10. The number of carbonyl (C=O) groups excluding carboxylic acids is 1. The summed E-state index contributed by atoms with van der Waals surface area (Å²) in [5.74, 6) is 1.68. The zero-order valence-corrected chi connectivity index (χ0v) is 19.1. The molecular formula is C25H32ClNO3. The van der Waals surface area contributed by atoms with Gasteiger partial charge in [0.05, 0.1) is 19.8 Å². The molecule has 4 nitrogen and oxygen atoms in total. The Morgan fingerprint density at radius 3 is 2.60 bits per heavy atom. The van der Waals surface area contributed by atoms with E-state index in [9.17, 15) is 4.79 Å². The number of benzene rings is 2. The number of ether oxygens (including phenoxy) is 2. The third-order valence-electron chi connectivity index (χ3n) is 5.69. The van der Waals surface area contributed by atoms with Gasteiger partial charge in [-0.1, -0.05) is 35.9 Å². The Balaban J connectivity index is 0.00000320. The number of hydrogen-bond acceptors (Lipinski definition) is 4. The topological polar surface area (TPSA) is 38.8 Å². The third-order valence-corrected chi connectivity index (χ3v) is 5.69. The van der Waals surface area contributed by atoms with Gasteiger partial charge in [0, 0.05) is 6.54 Å². The van der Waals surface area contributed by atoms with E-state index >= 15 is 0 Å². The number of nitrogens with zero attached hydrogens (tertiary/aromatic N) is 1. The molecule has 1 fully saturated rings. The average molecular weight is 430 g/mol. The Hall–Kier alpha value is -2.30. The Bertz CT molecular complexity index is 878. The van der Waals surface area contributed by atoms with Crippen molar-refractivity contribution >= 4 is 24.5 Å². The van der Waals surface area contributed by atoms with Crippen LogP contribution in [0.15, 0.2) is 54.1 Å². The molecule has 0 heterocycles. The fourth-order valence-corrected chi connectivity index (χ4v) is 4.31. The lowest BCUT2D eigenvalue weighted by molar-refractivity contribution is 0.0600. The number of esters is 1. The molecule has 0 aromatic heterocycles. The van der Waals surface area contributed by atoms with Gasteiger partial charge in [-0.3, -0.25) is 0 Å². The second kappa shape index (κ2) is 11.2. The van der Waals surface area contributed by atoms with E-state index in [-0.39, 0.29) is 18.4 Å². The number of carbonyl (C=O) groups is 1. The number of allylic oxidation sites excluding steroid dienone is 1. The zero-order valence-electron chi connectivity index (χ0n) is 18.3. The second-order valence-electron chi connectivity index (χ2n) is 8.07. The van der Waals surface area contributed by atoms with Crippen molar-refractivity contribution in [2.24, 2.45) is 5.92 Å². The van der Waals surface area contributed by atoms with Crippen LogP contribution >= 0.6 is 12.4 Å². The highest BCUT2D eigenvalue weighted by Crippen LogP contribution is 2.42. The van der Waals surface area contributed by atoms with Crippen LogP contribution in [0, 0.1) is 5.92 Å². The lowest BCUT2D eigenvalue weighted by Gasteiger charge is -2.35. The van der Waals surface area contributed by atoms with Crippen molar-refractivity contribution in [3.05, 3.63) is 70.8 Å². The largest absolute Gasteiger partial charge is 0.497 e.